The molecule has 102 valence electrons. The van der Waals surface area contributed by atoms with Crippen molar-refractivity contribution in [3.8, 4) is 0 Å². The summed E-state index contributed by atoms with van der Waals surface area (Å²) >= 11 is 0. The molecule has 1 amide bonds. The smallest absolute Gasteiger partial charge is 0.223 e. The molecule has 3 rings (SSSR count). The van der Waals surface area contributed by atoms with E-state index >= 15 is 0 Å². The fourth-order valence-electron chi connectivity index (χ4n) is 3.03. The predicted octanol–water partition coefficient (Wildman–Crippen LogP) is 1.40. The lowest BCUT2D eigenvalue weighted by Crippen LogP contribution is -2.43. The van der Waals surface area contributed by atoms with E-state index in [4.69, 9.17) is 0 Å². The number of carbonyl (C=O) groups excluding carboxylic acids is 1. The monoisotopic (exact) mass is 259 g/mol. The Morgan fingerprint density at radius 2 is 2.00 bits per heavy atom. The van der Waals surface area contributed by atoms with Crippen LogP contribution in [0.4, 0.5) is 11.4 Å². The summed E-state index contributed by atoms with van der Waals surface area (Å²) in [6.45, 7) is 6.74. The van der Waals surface area contributed by atoms with Crippen LogP contribution in [0.15, 0.2) is 18.2 Å². The van der Waals surface area contributed by atoms with Gasteiger partial charge in [0.15, 0.2) is 0 Å². The van der Waals surface area contributed by atoms with Crippen molar-refractivity contribution < 1.29 is 4.79 Å². The number of hydrogen-bond donors (Lipinski definition) is 1. The quantitative estimate of drug-likeness (QED) is 0.828. The van der Waals surface area contributed by atoms with E-state index in [2.05, 4.69) is 28.4 Å². The second-order valence-corrected chi connectivity index (χ2v) is 5.32. The Bertz CT molecular complexity index is 480. The maximum Gasteiger partial charge on any atom is 0.223 e. The molecule has 2 heterocycles. The number of nitrogens with zero attached hydrogens (tertiary/aromatic N) is 2. The number of benzene rings is 1. The van der Waals surface area contributed by atoms with Crippen LogP contribution < -0.4 is 15.1 Å². The molecule has 0 spiro atoms. The number of fused-ring (bicyclic) bond motifs is 1. The van der Waals surface area contributed by atoms with Gasteiger partial charge < -0.3 is 15.1 Å². The Morgan fingerprint density at radius 1 is 1.21 bits per heavy atom. The highest BCUT2D eigenvalue weighted by Crippen LogP contribution is 2.31. The van der Waals surface area contributed by atoms with Crippen LogP contribution in [0.3, 0.4) is 0 Å². The topological polar surface area (TPSA) is 35.6 Å². The van der Waals surface area contributed by atoms with Crippen molar-refractivity contribution in [3.05, 3.63) is 23.8 Å². The number of nitrogens with one attached hydrogen (secondary N) is 1. The SMILES string of the molecule is CC(=O)N1CCCc2cc(N3CCNCC3)ccc21. The molecular weight excluding hydrogens is 238 g/mol. The summed E-state index contributed by atoms with van der Waals surface area (Å²) < 4.78 is 0. The fraction of sp³-hybridized carbons (Fsp3) is 0.533. The number of aryl methyl sites for hydroxylation is 1. The third kappa shape index (κ3) is 2.45. The average molecular weight is 259 g/mol. The molecule has 1 saturated heterocycles. The molecule has 0 saturated carbocycles. The lowest BCUT2D eigenvalue weighted by molar-refractivity contribution is -0.116. The van der Waals surface area contributed by atoms with Crippen LogP contribution >= 0.6 is 0 Å². The van der Waals surface area contributed by atoms with Gasteiger partial charge in [-0.05, 0) is 36.6 Å². The summed E-state index contributed by atoms with van der Waals surface area (Å²) in [7, 11) is 0. The summed E-state index contributed by atoms with van der Waals surface area (Å²) in [6.07, 6.45) is 2.15. The van der Waals surface area contributed by atoms with Gasteiger partial charge in [0.25, 0.3) is 0 Å². The summed E-state index contributed by atoms with van der Waals surface area (Å²) in [5, 5.41) is 3.37. The van der Waals surface area contributed by atoms with Crippen LogP contribution in [0.2, 0.25) is 0 Å². The zero-order valence-electron chi connectivity index (χ0n) is 11.5. The van der Waals surface area contributed by atoms with Gasteiger partial charge >= 0.3 is 0 Å². The first-order valence-corrected chi connectivity index (χ1v) is 7.12. The number of hydrogen-bond acceptors (Lipinski definition) is 3. The lowest BCUT2D eigenvalue weighted by Gasteiger charge is -2.33. The molecule has 1 aromatic rings. The van der Waals surface area contributed by atoms with E-state index < -0.39 is 0 Å². The van der Waals surface area contributed by atoms with Gasteiger partial charge in [0.05, 0.1) is 0 Å². The predicted molar refractivity (Wildman–Crippen MR) is 77.9 cm³/mol. The maximum absolute atomic E-state index is 11.7. The zero-order chi connectivity index (χ0) is 13.2. The van der Waals surface area contributed by atoms with Gasteiger partial charge in [-0.3, -0.25) is 4.79 Å². The molecular formula is C15H21N3O. The zero-order valence-corrected chi connectivity index (χ0v) is 11.5. The summed E-state index contributed by atoms with van der Waals surface area (Å²) in [5.74, 6) is 0.149. The Balaban J connectivity index is 1.88. The fourth-order valence-corrected chi connectivity index (χ4v) is 3.03. The summed E-state index contributed by atoms with van der Waals surface area (Å²) in [5.41, 5.74) is 3.72. The molecule has 1 aromatic carbocycles. The number of anilines is 2. The van der Waals surface area contributed by atoms with Crippen molar-refractivity contribution in [3.63, 3.8) is 0 Å². The summed E-state index contributed by atoms with van der Waals surface area (Å²) in [6, 6.07) is 6.55. The van der Waals surface area contributed by atoms with E-state index in [1.165, 1.54) is 11.3 Å². The van der Waals surface area contributed by atoms with Gasteiger partial charge in [0.1, 0.15) is 0 Å². The summed E-state index contributed by atoms with van der Waals surface area (Å²) in [4.78, 5) is 16.0. The highest BCUT2D eigenvalue weighted by Gasteiger charge is 2.21. The molecule has 2 aliphatic heterocycles. The van der Waals surface area contributed by atoms with Crippen molar-refractivity contribution in [2.24, 2.45) is 0 Å². The first-order chi connectivity index (χ1) is 9.25. The third-order valence-corrected chi connectivity index (χ3v) is 4.04. The minimum absolute atomic E-state index is 0.149. The minimum Gasteiger partial charge on any atom is -0.369 e. The Morgan fingerprint density at radius 3 is 2.74 bits per heavy atom. The molecule has 1 N–H and O–H groups in total. The molecule has 4 heteroatoms. The molecule has 0 aliphatic carbocycles. The van der Waals surface area contributed by atoms with E-state index in [0.717, 1.165) is 51.3 Å². The van der Waals surface area contributed by atoms with Crippen molar-refractivity contribution in [1.29, 1.82) is 0 Å². The third-order valence-electron chi connectivity index (χ3n) is 4.04. The van der Waals surface area contributed by atoms with Gasteiger partial charge in [-0.15, -0.1) is 0 Å². The second-order valence-electron chi connectivity index (χ2n) is 5.32. The van der Waals surface area contributed by atoms with Crippen molar-refractivity contribution >= 4 is 17.3 Å². The standard InChI is InChI=1S/C15H21N3O/c1-12(19)18-8-2-3-13-11-14(4-5-15(13)18)17-9-6-16-7-10-17/h4-5,11,16H,2-3,6-10H2,1H3. The van der Waals surface area contributed by atoms with Crippen LogP contribution in [0.5, 0.6) is 0 Å². The van der Waals surface area contributed by atoms with E-state index in [-0.39, 0.29) is 5.91 Å². The number of amides is 1. The van der Waals surface area contributed by atoms with Crippen LogP contribution in [0.1, 0.15) is 18.9 Å². The van der Waals surface area contributed by atoms with Crippen LogP contribution in [0, 0.1) is 0 Å². The van der Waals surface area contributed by atoms with E-state index in [1.54, 1.807) is 6.92 Å². The van der Waals surface area contributed by atoms with E-state index in [1.807, 2.05) is 4.90 Å². The first-order valence-electron chi connectivity index (χ1n) is 7.12. The largest absolute Gasteiger partial charge is 0.369 e. The maximum atomic E-state index is 11.7. The Hall–Kier alpha value is -1.55. The number of rotatable bonds is 1. The molecule has 0 radical (unpaired) electrons. The Kier molecular flexibility index (Phi) is 3.42. The lowest BCUT2D eigenvalue weighted by atomic mass is 10.0. The first kappa shape index (κ1) is 12.5. The molecule has 1 fully saturated rings. The van der Waals surface area contributed by atoms with Gasteiger partial charge in [0, 0.05) is 51.0 Å². The highest BCUT2D eigenvalue weighted by atomic mass is 16.2. The molecule has 0 atom stereocenters. The molecule has 0 unspecified atom stereocenters. The number of piperazine rings is 1. The van der Waals surface area contributed by atoms with Crippen molar-refractivity contribution in [2.45, 2.75) is 19.8 Å². The number of carbonyl (C=O) groups is 1. The highest BCUT2D eigenvalue weighted by molar-refractivity contribution is 5.93. The second kappa shape index (κ2) is 5.21. The molecule has 4 nitrogen and oxygen atoms in total. The molecule has 0 bridgehead atoms. The van der Waals surface area contributed by atoms with Crippen LogP contribution in [0.25, 0.3) is 0 Å². The normalized spacial score (nSPS) is 19.2. The molecule has 0 aromatic heterocycles. The molecule has 2 aliphatic rings. The van der Waals surface area contributed by atoms with Gasteiger partial charge in [-0.2, -0.15) is 0 Å². The van der Waals surface area contributed by atoms with E-state index in [0.29, 0.717) is 0 Å². The van der Waals surface area contributed by atoms with E-state index in [9.17, 15) is 4.79 Å². The average Bonchev–Trinajstić information content (AvgIpc) is 2.47. The minimum atomic E-state index is 0.149. The van der Waals surface area contributed by atoms with Gasteiger partial charge in [-0.1, -0.05) is 0 Å². The van der Waals surface area contributed by atoms with Crippen LogP contribution in [-0.2, 0) is 11.2 Å². The van der Waals surface area contributed by atoms with Crippen molar-refractivity contribution in [2.75, 3.05) is 42.5 Å². The molecule has 19 heavy (non-hydrogen) atoms. The Labute approximate surface area is 114 Å². The van der Waals surface area contributed by atoms with Gasteiger partial charge in [0.2, 0.25) is 5.91 Å². The van der Waals surface area contributed by atoms with Crippen LogP contribution in [-0.4, -0.2) is 38.6 Å². The van der Waals surface area contributed by atoms with Crippen molar-refractivity contribution in [1.82, 2.24) is 5.32 Å². The van der Waals surface area contributed by atoms with Gasteiger partial charge in [-0.25, -0.2) is 0 Å².